The maximum Gasteiger partial charge on any atom is 0.259 e. The Kier molecular flexibility index (Phi) is 5.45. The first-order chi connectivity index (χ1) is 14.5. The van der Waals surface area contributed by atoms with Gasteiger partial charge in [-0.15, -0.1) is 0 Å². The van der Waals surface area contributed by atoms with Gasteiger partial charge in [-0.3, -0.25) is 4.79 Å². The summed E-state index contributed by atoms with van der Waals surface area (Å²) in [6, 6.07) is 15.1. The van der Waals surface area contributed by atoms with E-state index in [0.29, 0.717) is 22.8 Å². The van der Waals surface area contributed by atoms with E-state index in [2.05, 4.69) is 25.6 Å². The molecule has 0 saturated carbocycles. The molecule has 4 aromatic rings. The molecule has 7 heteroatoms. The average Bonchev–Trinajstić information content (AvgIpc) is 2.72. The third-order valence-corrected chi connectivity index (χ3v) is 4.82. The summed E-state index contributed by atoms with van der Waals surface area (Å²) in [5, 5.41) is 18.1. The second-order valence-corrected chi connectivity index (χ2v) is 7.28. The predicted molar refractivity (Wildman–Crippen MR) is 119 cm³/mol. The molecule has 0 bridgehead atoms. The van der Waals surface area contributed by atoms with Crippen molar-refractivity contribution in [1.29, 1.82) is 0 Å². The minimum absolute atomic E-state index is 0.214. The lowest BCUT2D eigenvalue weighted by atomic mass is 10.1. The molecule has 0 aliphatic carbocycles. The molecule has 1 aromatic carbocycles. The summed E-state index contributed by atoms with van der Waals surface area (Å²) in [6.45, 7) is 4.18. The molecule has 0 spiro atoms. The molecule has 3 heterocycles. The summed E-state index contributed by atoms with van der Waals surface area (Å²) in [4.78, 5) is 24.0. The first-order valence-corrected chi connectivity index (χ1v) is 9.70. The number of nitrogens with one attached hydrogen (secondary N) is 3. The standard InChI is InChI=1S/C23H23N5O2/c1-14-4-3-5-16(10-14)18(29)13-26-22-21-17(7-9-25-23(21)30)12-20(28-22)27-19-11-15(2)6-8-24-19/h3-12,18,29H,13H2,1-2H3,(H,25,30)(H2,24,26,27,28)/t18-/m1/s1. The number of pyridine rings is 3. The van der Waals surface area contributed by atoms with E-state index in [-0.39, 0.29) is 12.1 Å². The minimum Gasteiger partial charge on any atom is -0.387 e. The van der Waals surface area contributed by atoms with Crippen LogP contribution in [0.25, 0.3) is 10.8 Å². The van der Waals surface area contributed by atoms with Crippen LogP contribution in [0.2, 0.25) is 0 Å². The number of aliphatic hydroxyl groups is 1. The van der Waals surface area contributed by atoms with E-state index >= 15 is 0 Å². The van der Waals surface area contributed by atoms with Crippen LogP contribution >= 0.6 is 0 Å². The molecule has 30 heavy (non-hydrogen) atoms. The molecule has 0 unspecified atom stereocenters. The number of anilines is 3. The van der Waals surface area contributed by atoms with Crippen LogP contribution in [0.4, 0.5) is 17.5 Å². The molecular formula is C23H23N5O2. The molecule has 0 radical (unpaired) electrons. The highest BCUT2D eigenvalue weighted by Gasteiger charge is 2.13. The number of hydrogen-bond donors (Lipinski definition) is 4. The van der Waals surface area contributed by atoms with Gasteiger partial charge in [0, 0.05) is 18.9 Å². The Bertz CT molecular complexity index is 1250. The summed E-state index contributed by atoms with van der Waals surface area (Å²) < 4.78 is 0. The topological polar surface area (TPSA) is 103 Å². The number of benzene rings is 1. The number of aromatic nitrogens is 3. The number of nitrogens with zero attached hydrogens (tertiary/aromatic N) is 2. The fourth-order valence-electron chi connectivity index (χ4n) is 3.33. The molecule has 0 amide bonds. The summed E-state index contributed by atoms with van der Waals surface area (Å²) >= 11 is 0. The van der Waals surface area contributed by atoms with Crippen molar-refractivity contribution in [3.8, 4) is 0 Å². The lowest BCUT2D eigenvalue weighted by molar-refractivity contribution is 0.191. The molecular weight excluding hydrogens is 378 g/mol. The van der Waals surface area contributed by atoms with E-state index in [9.17, 15) is 9.90 Å². The van der Waals surface area contributed by atoms with Crippen LogP contribution in [0.15, 0.2) is 65.7 Å². The van der Waals surface area contributed by atoms with Crippen molar-refractivity contribution in [3.63, 3.8) is 0 Å². The summed E-state index contributed by atoms with van der Waals surface area (Å²) in [5.41, 5.74) is 2.71. The Morgan fingerprint density at radius 2 is 1.90 bits per heavy atom. The molecule has 4 rings (SSSR count). The molecule has 4 N–H and O–H groups in total. The van der Waals surface area contributed by atoms with Crippen LogP contribution in [0, 0.1) is 13.8 Å². The second-order valence-electron chi connectivity index (χ2n) is 7.28. The van der Waals surface area contributed by atoms with Crippen LogP contribution in [-0.4, -0.2) is 26.6 Å². The van der Waals surface area contributed by atoms with Gasteiger partial charge in [0.2, 0.25) is 0 Å². The maximum atomic E-state index is 12.4. The Labute approximate surface area is 173 Å². The number of aliphatic hydroxyl groups excluding tert-OH is 1. The largest absolute Gasteiger partial charge is 0.387 e. The van der Waals surface area contributed by atoms with Crippen molar-refractivity contribution in [2.75, 3.05) is 17.2 Å². The zero-order valence-corrected chi connectivity index (χ0v) is 16.8. The zero-order chi connectivity index (χ0) is 21.1. The Balaban J connectivity index is 1.66. The zero-order valence-electron chi connectivity index (χ0n) is 16.8. The lowest BCUT2D eigenvalue weighted by Gasteiger charge is -2.15. The van der Waals surface area contributed by atoms with E-state index in [1.165, 1.54) is 0 Å². The van der Waals surface area contributed by atoms with Crippen LogP contribution in [0.3, 0.4) is 0 Å². The van der Waals surface area contributed by atoms with Crippen LogP contribution in [-0.2, 0) is 0 Å². The van der Waals surface area contributed by atoms with Gasteiger partial charge in [0.15, 0.2) is 0 Å². The summed E-state index contributed by atoms with van der Waals surface area (Å²) in [6.07, 6.45) is 2.59. The van der Waals surface area contributed by atoms with Crippen LogP contribution in [0.5, 0.6) is 0 Å². The van der Waals surface area contributed by atoms with E-state index < -0.39 is 6.10 Å². The van der Waals surface area contributed by atoms with Gasteiger partial charge < -0.3 is 20.7 Å². The van der Waals surface area contributed by atoms with Gasteiger partial charge in [-0.2, -0.15) is 0 Å². The number of H-pyrrole nitrogens is 1. The van der Waals surface area contributed by atoms with Gasteiger partial charge >= 0.3 is 0 Å². The maximum absolute atomic E-state index is 12.4. The Morgan fingerprint density at radius 1 is 1.07 bits per heavy atom. The lowest BCUT2D eigenvalue weighted by Crippen LogP contribution is -2.16. The third kappa shape index (κ3) is 4.31. The monoisotopic (exact) mass is 401 g/mol. The highest BCUT2D eigenvalue weighted by molar-refractivity contribution is 5.93. The van der Waals surface area contributed by atoms with E-state index in [1.807, 2.05) is 56.3 Å². The van der Waals surface area contributed by atoms with Gasteiger partial charge in [0.25, 0.3) is 5.56 Å². The van der Waals surface area contributed by atoms with Gasteiger partial charge in [-0.25, -0.2) is 9.97 Å². The summed E-state index contributed by atoms with van der Waals surface area (Å²) in [5.74, 6) is 1.62. The molecule has 0 fully saturated rings. The SMILES string of the molecule is Cc1cccc([C@H](O)CNc2nc(Nc3cc(C)ccn3)cc3cc[nH]c(=O)c23)c1. The summed E-state index contributed by atoms with van der Waals surface area (Å²) in [7, 11) is 0. The quantitative estimate of drug-likeness (QED) is 0.392. The molecule has 1 atom stereocenters. The van der Waals surface area contributed by atoms with Crippen molar-refractivity contribution in [3.05, 3.63) is 88.0 Å². The fraction of sp³-hybridized carbons (Fsp3) is 0.174. The highest BCUT2D eigenvalue weighted by Crippen LogP contribution is 2.24. The molecule has 3 aromatic heterocycles. The number of fused-ring (bicyclic) bond motifs is 1. The predicted octanol–water partition coefficient (Wildman–Crippen LogP) is 3.82. The number of aryl methyl sites for hydroxylation is 2. The van der Waals surface area contributed by atoms with Gasteiger partial charge in [-0.1, -0.05) is 29.8 Å². The van der Waals surface area contributed by atoms with Crippen LogP contribution < -0.4 is 16.2 Å². The van der Waals surface area contributed by atoms with Crippen LogP contribution in [0.1, 0.15) is 22.8 Å². The van der Waals surface area contributed by atoms with Crippen molar-refractivity contribution < 1.29 is 5.11 Å². The second kappa shape index (κ2) is 8.34. The van der Waals surface area contributed by atoms with Crippen molar-refractivity contribution >= 4 is 28.2 Å². The Morgan fingerprint density at radius 3 is 2.70 bits per heavy atom. The molecule has 7 nitrogen and oxygen atoms in total. The van der Waals surface area contributed by atoms with Crippen molar-refractivity contribution in [1.82, 2.24) is 15.0 Å². The molecule has 0 aliphatic heterocycles. The van der Waals surface area contributed by atoms with Gasteiger partial charge in [0.05, 0.1) is 11.5 Å². The van der Waals surface area contributed by atoms with E-state index in [0.717, 1.165) is 22.1 Å². The van der Waals surface area contributed by atoms with Gasteiger partial charge in [-0.05, 0) is 54.6 Å². The van der Waals surface area contributed by atoms with E-state index in [4.69, 9.17) is 0 Å². The van der Waals surface area contributed by atoms with Crippen molar-refractivity contribution in [2.24, 2.45) is 0 Å². The number of rotatable bonds is 6. The highest BCUT2D eigenvalue weighted by atomic mass is 16.3. The number of hydrogen-bond acceptors (Lipinski definition) is 6. The minimum atomic E-state index is -0.736. The van der Waals surface area contributed by atoms with Gasteiger partial charge in [0.1, 0.15) is 17.5 Å². The Hall–Kier alpha value is -3.71. The molecule has 152 valence electrons. The first-order valence-electron chi connectivity index (χ1n) is 9.70. The fourth-order valence-corrected chi connectivity index (χ4v) is 3.33. The third-order valence-electron chi connectivity index (χ3n) is 4.82. The first kappa shape index (κ1) is 19.6. The molecule has 0 saturated heterocycles. The smallest absolute Gasteiger partial charge is 0.259 e. The number of aromatic amines is 1. The normalized spacial score (nSPS) is 12.0. The van der Waals surface area contributed by atoms with E-state index in [1.54, 1.807) is 18.5 Å². The molecule has 0 aliphatic rings. The van der Waals surface area contributed by atoms with Crippen molar-refractivity contribution in [2.45, 2.75) is 20.0 Å². The average molecular weight is 401 g/mol.